The predicted molar refractivity (Wildman–Crippen MR) is 151 cm³/mol. The van der Waals surface area contributed by atoms with Gasteiger partial charge in [-0.25, -0.2) is 9.97 Å². The van der Waals surface area contributed by atoms with Crippen molar-refractivity contribution in [3.05, 3.63) is 107 Å². The summed E-state index contributed by atoms with van der Waals surface area (Å²) in [6.45, 7) is 15.1. The van der Waals surface area contributed by atoms with Gasteiger partial charge in [0.05, 0.1) is 5.69 Å². The van der Waals surface area contributed by atoms with E-state index in [1.807, 2.05) is 62.4 Å². The van der Waals surface area contributed by atoms with Gasteiger partial charge in [-0.3, -0.25) is 9.78 Å². The number of aromatic nitrogens is 3. The van der Waals surface area contributed by atoms with Gasteiger partial charge in [-0.15, -0.1) is 0 Å². The number of nitrogens with one attached hydrogen (secondary N) is 3. The van der Waals surface area contributed by atoms with Gasteiger partial charge in [-0.05, 0) is 86.8 Å². The second-order valence-corrected chi connectivity index (χ2v) is 8.72. The molecular weight excluding hydrogens is 460 g/mol. The SMILES string of the molecule is C=C(C)/C(=C\C(=C/C)NC(=O)c1ccc(C(C)NCC)c(CC)c1)Nc1nccc(-c2cccnc2)n1. The number of amides is 1. The Hall–Kier alpha value is -4.10. The topological polar surface area (TPSA) is 91.8 Å². The van der Waals surface area contributed by atoms with Crippen LogP contribution in [0.15, 0.2) is 90.7 Å². The van der Waals surface area contributed by atoms with Gasteiger partial charge >= 0.3 is 0 Å². The van der Waals surface area contributed by atoms with Crippen molar-refractivity contribution in [3.8, 4) is 11.3 Å². The molecule has 0 fully saturated rings. The highest BCUT2D eigenvalue weighted by molar-refractivity contribution is 5.96. The first-order valence-electron chi connectivity index (χ1n) is 12.6. The highest BCUT2D eigenvalue weighted by Gasteiger charge is 2.14. The number of carbonyl (C=O) groups is 1. The number of benzene rings is 1. The number of carbonyl (C=O) groups excluding carboxylic acids is 1. The van der Waals surface area contributed by atoms with Crippen molar-refractivity contribution in [2.75, 3.05) is 11.9 Å². The molecule has 1 unspecified atom stereocenters. The lowest BCUT2D eigenvalue weighted by Crippen LogP contribution is -2.23. The van der Waals surface area contributed by atoms with E-state index in [9.17, 15) is 4.79 Å². The molecule has 1 atom stereocenters. The molecule has 0 aliphatic carbocycles. The van der Waals surface area contributed by atoms with Crippen LogP contribution in [0.1, 0.15) is 62.1 Å². The number of nitrogens with zero attached hydrogens (tertiary/aromatic N) is 3. The molecule has 0 aliphatic rings. The molecule has 2 aromatic heterocycles. The van der Waals surface area contributed by atoms with E-state index in [1.54, 1.807) is 18.6 Å². The first kappa shape index (κ1) is 27.5. The van der Waals surface area contributed by atoms with Gasteiger partial charge in [0.15, 0.2) is 0 Å². The highest BCUT2D eigenvalue weighted by atomic mass is 16.1. The third-order valence-corrected chi connectivity index (χ3v) is 5.95. The van der Waals surface area contributed by atoms with Crippen LogP contribution in [0.25, 0.3) is 11.3 Å². The number of anilines is 1. The van der Waals surface area contributed by atoms with Gasteiger partial charge in [0.1, 0.15) is 0 Å². The van der Waals surface area contributed by atoms with Crippen molar-refractivity contribution in [1.82, 2.24) is 25.6 Å². The molecule has 0 saturated heterocycles. The molecule has 3 aromatic rings. The quantitative estimate of drug-likeness (QED) is 0.283. The lowest BCUT2D eigenvalue weighted by atomic mass is 9.96. The average molecular weight is 497 g/mol. The van der Waals surface area contributed by atoms with Crippen molar-refractivity contribution >= 4 is 11.9 Å². The maximum absolute atomic E-state index is 13.1. The molecule has 7 heteroatoms. The van der Waals surface area contributed by atoms with E-state index < -0.39 is 0 Å². The van der Waals surface area contributed by atoms with Crippen molar-refractivity contribution in [1.29, 1.82) is 0 Å². The van der Waals surface area contributed by atoms with Gasteiger partial charge in [0.2, 0.25) is 5.95 Å². The van der Waals surface area contributed by atoms with Crippen molar-refractivity contribution in [3.63, 3.8) is 0 Å². The molecule has 0 bridgehead atoms. The summed E-state index contributed by atoms with van der Waals surface area (Å²) >= 11 is 0. The van der Waals surface area contributed by atoms with E-state index in [2.05, 4.69) is 58.3 Å². The van der Waals surface area contributed by atoms with Gasteiger partial charge in [-0.1, -0.05) is 32.6 Å². The van der Waals surface area contributed by atoms with Crippen molar-refractivity contribution in [2.24, 2.45) is 0 Å². The van der Waals surface area contributed by atoms with Crippen LogP contribution in [0.4, 0.5) is 5.95 Å². The Balaban J connectivity index is 1.80. The van der Waals surface area contributed by atoms with Gasteiger partial charge in [-0.2, -0.15) is 0 Å². The number of hydrogen-bond acceptors (Lipinski definition) is 6. The Morgan fingerprint density at radius 2 is 1.97 bits per heavy atom. The predicted octanol–water partition coefficient (Wildman–Crippen LogP) is 5.98. The molecule has 3 N–H and O–H groups in total. The van der Waals surface area contributed by atoms with Gasteiger partial charge in [0.25, 0.3) is 5.91 Å². The lowest BCUT2D eigenvalue weighted by molar-refractivity contribution is 0.0967. The fraction of sp³-hybridized carbons (Fsp3) is 0.267. The lowest BCUT2D eigenvalue weighted by Gasteiger charge is -2.18. The minimum Gasteiger partial charge on any atom is -0.324 e. The molecule has 0 radical (unpaired) electrons. The fourth-order valence-corrected chi connectivity index (χ4v) is 3.92. The van der Waals surface area contributed by atoms with Crippen LogP contribution in [0, 0.1) is 0 Å². The van der Waals surface area contributed by atoms with Crippen LogP contribution >= 0.6 is 0 Å². The van der Waals surface area contributed by atoms with Crippen molar-refractivity contribution in [2.45, 2.75) is 47.1 Å². The monoisotopic (exact) mass is 496 g/mol. The van der Waals surface area contributed by atoms with E-state index in [0.29, 0.717) is 22.9 Å². The van der Waals surface area contributed by atoms with Crippen LogP contribution in [-0.4, -0.2) is 27.4 Å². The molecular formula is C30H36N6O. The molecule has 192 valence electrons. The minimum atomic E-state index is -0.169. The fourth-order valence-electron chi connectivity index (χ4n) is 3.92. The second kappa shape index (κ2) is 13.3. The average Bonchev–Trinajstić information content (AvgIpc) is 2.92. The Morgan fingerprint density at radius 3 is 2.62 bits per heavy atom. The maximum atomic E-state index is 13.1. The first-order valence-corrected chi connectivity index (χ1v) is 12.6. The second-order valence-electron chi connectivity index (χ2n) is 8.72. The zero-order valence-electron chi connectivity index (χ0n) is 22.3. The summed E-state index contributed by atoms with van der Waals surface area (Å²) in [6, 6.07) is 11.8. The molecule has 0 aliphatic heterocycles. The van der Waals surface area contributed by atoms with Crippen LogP contribution in [0.2, 0.25) is 0 Å². The van der Waals surface area contributed by atoms with Crippen LogP contribution in [-0.2, 0) is 6.42 Å². The van der Waals surface area contributed by atoms with Gasteiger partial charge in [0, 0.05) is 47.2 Å². The van der Waals surface area contributed by atoms with E-state index in [4.69, 9.17) is 0 Å². The number of rotatable bonds is 11. The Kier molecular flexibility index (Phi) is 9.86. The summed E-state index contributed by atoms with van der Waals surface area (Å²) in [6.07, 6.45) is 9.70. The van der Waals surface area contributed by atoms with Crippen LogP contribution in [0.5, 0.6) is 0 Å². The van der Waals surface area contributed by atoms with E-state index in [-0.39, 0.29) is 11.9 Å². The number of hydrogen-bond donors (Lipinski definition) is 3. The Labute approximate surface area is 219 Å². The summed E-state index contributed by atoms with van der Waals surface area (Å²) in [5.41, 5.74) is 6.76. The number of pyridine rings is 1. The number of allylic oxidation sites excluding steroid dienone is 3. The molecule has 0 spiro atoms. The molecule has 1 aromatic carbocycles. The molecule has 3 rings (SSSR count). The molecule has 7 nitrogen and oxygen atoms in total. The summed E-state index contributed by atoms with van der Waals surface area (Å²) in [4.78, 5) is 26.2. The van der Waals surface area contributed by atoms with Crippen molar-refractivity contribution < 1.29 is 4.79 Å². The largest absolute Gasteiger partial charge is 0.324 e. The summed E-state index contributed by atoms with van der Waals surface area (Å²) in [5.74, 6) is 0.257. The minimum absolute atomic E-state index is 0.169. The van der Waals surface area contributed by atoms with E-state index in [1.165, 1.54) is 5.56 Å². The Morgan fingerprint density at radius 1 is 1.16 bits per heavy atom. The smallest absolute Gasteiger partial charge is 0.255 e. The zero-order chi connectivity index (χ0) is 26.8. The standard InChI is InChI=1S/C30H36N6O/c1-7-22-17-23(12-13-26(22)21(6)32-9-3)29(37)34-25(8-2)18-28(20(4)5)36-30-33-16-14-27(35-30)24-11-10-15-31-19-24/h8,10-19,21,32H,4,7,9H2,1-3,5-6H3,(H,34,37)(H,33,35,36)/b25-8+,28-18+. The highest BCUT2D eigenvalue weighted by Crippen LogP contribution is 2.21. The van der Waals surface area contributed by atoms with Crippen LogP contribution < -0.4 is 16.0 Å². The normalized spacial score (nSPS) is 12.7. The van der Waals surface area contributed by atoms with E-state index in [0.717, 1.165) is 35.4 Å². The van der Waals surface area contributed by atoms with E-state index >= 15 is 0 Å². The molecule has 37 heavy (non-hydrogen) atoms. The third-order valence-electron chi connectivity index (χ3n) is 5.95. The first-order chi connectivity index (χ1) is 17.9. The Bertz CT molecular complexity index is 1300. The maximum Gasteiger partial charge on any atom is 0.255 e. The molecule has 1 amide bonds. The third kappa shape index (κ3) is 7.44. The van der Waals surface area contributed by atoms with Crippen LogP contribution in [0.3, 0.4) is 0 Å². The summed E-state index contributed by atoms with van der Waals surface area (Å²) in [5, 5.41) is 9.70. The number of aryl methyl sites for hydroxylation is 1. The molecule has 0 saturated carbocycles. The molecule has 2 heterocycles. The summed E-state index contributed by atoms with van der Waals surface area (Å²) in [7, 11) is 0. The van der Waals surface area contributed by atoms with Gasteiger partial charge < -0.3 is 16.0 Å². The zero-order valence-corrected chi connectivity index (χ0v) is 22.3. The summed E-state index contributed by atoms with van der Waals surface area (Å²) < 4.78 is 0.